The minimum Gasteiger partial charge on any atom is -0.344 e. The lowest BCUT2D eigenvalue weighted by Gasteiger charge is -2.30. The van der Waals surface area contributed by atoms with Crippen molar-refractivity contribution in [3.63, 3.8) is 0 Å². The van der Waals surface area contributed by atoms with Crippen LogP contribution in [-0.2, 0) is 16.1 Å². The number of pyridine rings is 1. The highest BCUT2D eigenvalue weighted by Crippen LogP contribution is 2.22. The minimum atomic E-state index is -0.215. The van der Waals surface area contributed by atoms with E-state index in [-0.39, 0.29) is 11.8 Å². The normalized spacial score (nSPS) is 16.5. The lowest BCUT2D eigenvalue weighted by atomic mass is 10.0. The Morgan fingerprint density at radius 3 is 2.84 bits per heavy atom. The fourth-order valence-electron chi connectivity index (χ4n) is 3.70. The molecule has 1 fully saturated rings. The maximum atomic E-state index is 12.4. The van der Waals surface area contributed by atoms with Crippen LogP contribution in [0.4, 0.5) is 5.69 Å². The highest BCUT2D eigenvalue weighted by atomic mass is 16.2. The summed E-state index contributed by atoms with van der Waals surface area (Å²) in [5.41, 5.74) is 4.57. The lowest BCUT2D eigenvalue weighted by Crippen LogP contribution is -2.46. The Morgan fingerprint density at radius 2 is 2.09 bits per heavy atom. The highest BCUT2D eigenvalue weighted by Gasteiger charge is 2.22. The summed E-state index contributed by atoms with van der Waals surface area (Å²) in [7, 11) is 1.84. The number of likely N-dealkylation sites (tertiary alicyclic amines) is 1. The second-order valence-electron chi connectivity index (χ2n) is 7.86. The van der Waals surface area contributed by atoms with Crippen molar-refractivity contribution in [2.24, 2.45) is 0 Å². The Morgan fingerprint density at radius 1 is 1.25 bits per heavy atom. The maximum absolute atomic E-state index is 12.4. The molecule has 0 spiro atoms. The zero-order chi connectivity index (χ0) is 22.3. The fraction of sp³-hybridized carbons (Fsp3) is 0.250. The molecular formula is C24H26N6O2. The lowest BCUT2D eigenvalue weighted by molar-refractivity contribution is -0.132. The summed E-state index contributed by atoms with van der Waals surface area (Å²) in [6.45, 7) is 1.46. The van der Waals surface area contributed by atoms with Crippen molar-refractivity contribution in [2.45, 2.75) is 25.4 Å². The SMILES string of the molecule is CN1CC(NCc2ccc(NC(=O)/C=C/c3cnccc3-c3cn[nH]c3)cc2)CCC1=O. The summed E-state index contributed by atoms with van der Waals surface area (Å²) in [6, 6.07) is 9.95. The molecule has 8 nitrogen and oxygen atoms in total. The Kier molecular flexibility index (Phi) is 6.72. The molecular weight excluding hydrogens is 404 g/mol. The van der Waals surface area contributed by atoms with Gasteiger partial charge in [0.15, 0.2) is 0 Å². The second-order valence-corrected chi connectivity index (χ2v) is 7.86. The van der Waals surface area contributed by atoms with E-state index in [1.807, 2.05) is 37.4 Å². The number of H-pyrrole nitrogens is 1. The third-order valence-corrected chi connectivity index (χ3v) is 5.52. The first-order valence-corrected chi connectivity index (χ1v) is 10.6. The summed E-state index contributed by atoms with van der Waals surface area (Å²) in [4.78, 5) is 29.9. The Bertz CT molecular complexity index is 1090. The number of carbonyl (C=O) groups is 2. The van der Waals surface area contributed by atoms with Crippen LogP contribution in [0, 0.1) is 0 Å². The van der Waals surface area contributed by atoms with Crippen LogP contribution in [0.15, 0.2) is 61.2 Å². The number of benzene rings is 1. The van der Waals surface area contributed by atoms with Gasteiger partial charge in [-0.25, -0.2) is 0 Å². The van der Waals surface area contributed by atoms with Crippen molar-refractivity contribution in [1.82, 2.24) is 25.4 Å². The van der Waals surface area contributed by atoms with Gasteiger partial charge in [0, 0.05) is 74.1 Å². The molecule has 3 aromatic rings. The first kappa shape index (κ1) is 21.5. The van der Waals surface area contributed by atoms with Gasteiger partial charge < -0.3 is 15.5 Å². The average Bonchev–Trinajstić information content (AvgIpc) is 3.34. The quantitative estimate of drug-likeness (QED) is 0.500. The molecule has 1 aromatic carbocycles. The number of carbonyl (C=O) groups excluding carboxylic acids is 2. The van der Waals surface area contributed by atoms with Crippen molar-refractivity contribution in [1.29, 1.82) is 0 Å². The average molecular weight is 431 g/mol. The number of piperidine rings is 1. The van der Waals surface area contributed by atoms with Crippen molar-refractivity contribution in [3.8, 4) is 11.1 Å². The van der Waals surface area contributed by atoms with Gasteiger partial charge in [0.05, 0.1) is 6.20 Å². The number of anilines is 1. The second kappa shape index (κ2) is 10.0. The molecule has 32 heavy (non-hydrogen) atoms. The summed E-state index contributed by atoms with van der Waals surface area (Å²) in [5.74, 6) is -0.00814. The van der Waals surface area contributed by atoms with Crippen molar-refractivity contribution < 1.29 is 9.59 Å². The van der Waals surface area contributed by atoms with Crippen LogP contribution in [0.25, 0.3) is 17.2 Å². The third kappa shape index (κ3) is 5.47. The number of hydrogen-bond donors (Lipinski definition) is 3. The summed E-state index contributed by atoms with van der Waals surface area (Å²) >= 11 is 0. The Labute approximate surface area is 186 Å². The topological polar surface area (TPSA) is 103 Å². The van der Waals surface area contributed by atoms with Crippen LogP contribution in [-0.4, -0.2) is 51.5 Å². The number of aromatic nitrogens is 3. The van der Waals surface area contributed by atoms with Gasteiger partial charge in [-0.05, 0) is 41.8 Å². The van der Waals surface area contributed by atoms with Gasteiger partial charge in [-0.2, -0.15) is 5.10 Å². The van der Waals surface area contributed by atoms with E-state index in [0.29, 0.717) is 12.5 Å². The van der Waals surface area contributed by atoms with Crippen LogP contribution in [0.1, 0.15) is 24.0 Å². The molecule has 1 aliphatic rings. The van der Waals surface area contributed by atoms with E-state index >= 15 is 0 Å². The summed E-state index contributed by atoms with van der Waals surface area (Å²) < 4.78 is 0. The molecule has 2 aromatic heterocycles. The van der Waals surface area contributed by atoms with Gasteiger partial charge in [-0.1, -0.05) is 12.1 Å². The van der Waals surface area contributed by atoms with Crippen LogP contribution in [0.3, 0.4) is 0 Å². The van der Waals surface area contributed by atoms with E-state index < -0.39 is 0 Å². The van der Waals surface area contributed by atoms with E-state index in [1.54, 1.807) is 35.8 Å². The minimum absolute atomic E-state index is 0.207. The maximum Gasteiger partial charge on any atom is 0.248 e. The van der Waals surface area contributed by atoms with Crippen LogP contribution >= 0.6 is 0 Å². The summed E-state index contributed by atoms with van der Waals surface area (Å²) in [6.07, 6.45) is 11.7. The van der Waals surface area contributed by atoms with Gasteiger partial charge in [-0.3, -0.25) is 19.7 Å². The molecule has 4 rings (SSSR count). The number of hydrogen-bond acceptors (Lipinski definition) is 5. The molecule has 1 unspecified atom stereocenters. The first-order valence-electron chi connectivity index (χ1n) is 10.6. The van der Waals surface area contributed by atoms with E-state index in [0.717, 1.165) is 47.5 Å². The Hall–Kier alpha value is -3.78. The number of amides is 2. The molecule has 0 saturated carbocycles. The third-order valence-electron chi connectivity index (χ3n) is 5.52. The molecule has 164 valence electrons. The van der Waals surface area contributed by atoms with Gasteiger partial charge in [-0.15, -0.1) is 0 Å². The largest absolute Gasteiger partial charge is 0.344 e. The number of aromatic amines is 1. The van der Waals surface area contributed by atoms with Crippen LogP contribution in [0.5, 0.6) is 0 Å². The molecule has 3 N–H and O–H groups in total. The first-order chi connectivity index (χ1) is 15.6. The molecule has 0 aliphatic carbocycles. The monoisotopic (exact) mass is 430 g/mol. The number of nitrogens with zero attached hydrogens (tertiary/aromatic N) is 3. The van der Waals surface area contributed by atoms with Gasteiger partial charge in [0.1, 0.15) is 0 Å². The molecule has 3 heterocycles. The van der Waals surface area contributed by atoms with Crippen molar-refractivity contribution in [3.05, 3.63) is 72.3 Å². The van der Waals surface area contributed by atoms with Crippen molar-refractivity contribution >= 4 is 23.6 Å². The standard InChI is InChI=1S/C24H26N6O2/c1-30-16-21(7-9-24(30)32)26-12-17-2-5-20(6-3-17)29-23(31)8-4-18-13-25-11-10-22(18)19-14-27-28-15-19/h2-6,8,10-11,13-15,21,26H,7,9,12,16H2,1H3,(H,27,28)(H,29,31)/b8-4+. The fourth-order valence-corrected chi connectivity index (χ4v) is 3.70. The van der Waals surface area contributed by atoms with E-state index in [2.05, 4.69) is 25.8 Å². The molecule has 0 radical (unpaired) electrons. The molecule has 0 bridgehead atoms. The predicted molar refractivity (Wildman–Crippen MR) is 123 cm³/mol. The zero-order valence-electron chi connectivity index (χ0n) is 17.9. The zero-order valence-corrected chi connectivity index (χ0v) is 17.9. The number of nitrogens with one attached hydrogen (secondary N) is 3. The van der Waals surface area contributed by atoms with Crippen molar-refractivity contribution in [2.75, 3.05) is 18.9 Å². The molecule has 1 atom stereocenters. The van der Waals surface area contributed by atoms with Gasteiger partial charge >= 0.3 is 0 Å². The van der Waals surface area contributed by atoms with E-state index in [9.17, 15) is 9.59 Å². The molecule has 1 aliphatic heterocycles. The molecule has 1 saturated heterocycles. The van der Waals surface area contributed by atoms with Gasteiger partial charge in [0.25, 0.3) is 0 Å². The molecule has 2 amide bonds. The number of likely N-dealkylation sites (N-methyl/N-ethyl adjacent to an activating group) is 1. The van der Waals surface area contributed by atoms with E-state index in [4.69, 9.17) is 0 Å². The van der Waals surface area contributed by atoms with Crippen LogP contribution < -0.4 is 10.6 Å². The van der Waals surface area contributed by atoms with Crippen LogP contribution in [0.2, 0.25) is 0 Å². The highest BCUT2D eigenvalue weighted by molar-refractivity contribution is 6.02. The summed E-state index contributed by atoms with van der Waals surface area (Å²) in [5, 5.41) is 13.1. The van der Waals surface area contributed by atoms with Gasteiger partial charge in [0.2, 0.25) is 11.8 Å². The molecule has 8 heteroatoms. The smallest absolute Gasteiger partial charge is 0.248 e. The Balaban J connectivity index is 1.30. The predicted octanol–water partition coefficient (Wildman–Crippen LogP) is 2.83. The van der Waals surface area contributed by atoms with E-state index in [1.165, 1.54) is 6.08 Å². The number of rotatable bonds is 7.